The Morgan fingerprint density at radius 1 is 1.33 bits per heavy atom. The first-order valence-electron chi connectivity index (χ1n) is 6.37. The Hall–Kier alpha value is -1.10. The number of carbonyl (C=O) groups excluding carboxylic acids is 1. The molecule has 3 atom stereocenters. The molecule has 0 rings (SSSR count). The molecule has 18 heavy (non-hydrogen) atoms. The number of aliphatic carboxylic acids is 1. The van der Waals surface area contributed by atoms with Gasteiger partial charge < -0.3 is 16.2 Å². The summed E-state index contributed by atoms with van der Waals surface area (Å²) in [5, 5.41) is 11.6. The maximum Gasteiger partial charge on any atom is 0.305 e. The Balaban J connectivity index is 4.68. The first kappa shape index (κ1) is 16.9. The predicted octanol–water partition coefficient (Wildman–Crippen LogP) is 1.37. The van der Waals surface area contributed by atoms with Crippen LogP contribution in [0.15, 0.2) is 0 Å². The molecule has 5 nitrogen and oxygen atoms in total. The Kier molecular flexibility index (Phi) is 6.32. The molecule has 0 saturated heterocycles. The van der Waals surface area contributed by atoms with Gasteiger partial charge in [-0.15, -0.1) is 0 Å². The number of nitrogens with one attached hydrogen (secondary N) is 1. The van der Waals surface area contributed by atoms with Gasteiger partial charge in [0.1, 0.15) is 0 Å². The molecule has 106 valence electrons. The van der Waals surface area contributed by atoms with E-state index in [-0.39, 0.29) is 23.7 Å². The molecule has 0 aromatic heterocycles. The number of carboxylic acid groups (broad SMARTS) is 1. The van der Waals surface area contributed by atoms with Crippen LogP contribution in [0.3, 0.4) is 0 Å². The second-order valence-electron chi connectivity index (χ2n) is 5.94. The average Bonchev–Trinajstić information content (AvgIpc) is 2.24. The minimum absolute atomic E-state index is 0.0791. The number of carboxylic acids is 1. The van der Waals surface area contributed by atoms with Gasteiger partial charge in [-0.05, 0) is 11.3 Å². The second kappa shape index (κ2) is 6.73. The normalized spacial score (nSPS) is 16.8. The molecule has 0 aromatic carbocycles. The standard InChI is InChI=1S/C13H26N2O3/c1-6-8(2)11(14)12(18)15-9(7-10(16)17)13(3,4)5/h8-9,11H,6-7,14H2,1-5H3,(H,15,18)(H,16,17)/t8?,9?,11-/m0/s1. The van der Waals surface area contributed by atoms with Gasteiger partial charge in [-0.3, -0.25) is 9.59 Å². The maximum atomic E-state index is 12.0. The molecule has 1 amide bonds. The molecule has 0 saturated carbocycles. The molecule has 0 aromatic rings. The number of hydrogen-bond donors (Lipinski definition) is 3. The van der Waals surface area contributed by atoms with E-state index in [2.05, 4.69) is 5.32 Å². The van der Waals surface area contributed by atoms with Crippen LogP contribution in [0.5, 0.6) is 0 Å². The number of carbonyl (C=O) groups is 2. The molecule has 0 bridgehead atoms. The van der Waals surface area contributed by atoms with Gasteiger partial charge in [-0.25, -0.2) is 0 Å². The van der Waals surface area contributed by atoms with Crippen LogP contribution in [0.2, 0.25) is 0 Å². The first-order chi connectivity index (χ1) is 8.09. The van der Waals surface area contributed by atoms with Gasteiger partial charge >= 0.3 is 5.97 Å². The van der Waals surface area contributed by atoms with Crippen LogP contribution in [0.1, 0.15) is 47.5 Å². The van der Waals surface area contributed by atoms with Crippen molar-refractivity contribution in [3.63, 3.8) is 0 Å². The van der Waals surface area contributed by atoms with Crippen LogP contribution >= 0.6 is 0 Å². The average molecular weight is 258 g/mol. The third-order valence-electron chi connectivity index (χ3n) is 3.30. The van der Waals surface area contributed by atoms with E-state index in [1.165, 1.54) is 0 Å². The Labute approximate surface area is 109 Å². The molecule has 0 aliphatic heterocycles. The third kappa shape index (κ3) is 5.49. The van der Waals surface area contributed by atoms with Crippen molar-refractivity contribution in [2.75, 3.05) is 0 Å². The minimum Gasteiger partial charge on any atom is -0.481 e. The fourth-order valence-electron chi connectivity index (χ4n) is 1.53. The van der Waals surface area contributed by atoms with Crippen LogP contribution in [-0.4, -0.2) is 29.1 Å². The molecule has 0 aliphatic carbocycles. The van der Waals surface area contributed by atoms with E-state index in [0.717, 1.165) is 6.42 Å². The van der Waals surface area contributed by atoms with E-state index >= 15 is 0 Å². The van der Waals surface area contributed by atoms with Crippen molar-refractivity contribution in [2.45, 2.75) is 59.5 Å². The SMILES string of the molecule is CCC(C)[C@H](N)C(=O)NC(CC(=O)O)C(C)(C)C. The zero-order valence-electron chi connectivity index (χ0n) is 12.0. The molecule has 0 radical (unpaired) electrons. The fourth-order valence-corrected chi connectivity index (χ4v) is 1.53. The summed E-state index contributed by atoms with van der Waals surface area (Å²) in [6.45, 7) is 9.57. The van der Waals surface area contributed by atoms with Crippen LogP contribution < -0.4 is 11.1 Å². The van der Waals surface area contributed by atoms with Crippen molar-refractivity contribution in [3.8, 4) is 0 Å². The summed E-state index contributed by atoms with van der Waals surface area (Å²) in [7, 11) is 0. The van der Waals surface area contributed by atoms with Gasteiger partial charge in [0, 0.05) is 6.04 Å². The monoisotopic (exact) mass is 258 g/mol. The highest BCUT2D eigenvalue weighted by atomic mass is 16.4. The summed E-state index contributed by atoms with van der Waals surface area (Å²) in [5.41, 5.74) is 5.52. The van der Waals surface area contributed by atoms with Crippen molar-refractivity contribution < 1.29 is 14.7 Å². The molecule has 0 spiro atoms. The summed E-state index contributed by atoms with van der Waals surface area (Å²) in [6.07, 6.45) is 0.718. The van der Waals surface area contributed by atoms with Gasteiger partial charge in [0.15, 0.2) is 0 Å². The summed E-state index contributed by atoms with van der Waals surface area (Å²) in [6, 6.07) is -1.01. The lowest BCUT2D eigenvalue weighted by molar-refractivity contribution is -0.138. The molecule has 5 heteroatoms. The van der Waals surface area contributed by atoms with Crippen molar-refractivity contribution >= 4 is 11.9 Å². The highest BCUT2D eigenvalue weighted by Crippen LogP contribution is 2.22. The van der Waals surface area contributed by atoms with Gasteiger partial charge in [-0.2, -0.15) is 0 Å². The van der Waals surface area contributed by atoms with Crippen molar-refractivity contribution in [3.05, 3.63) is 0 Å². The highest BCUT2D eigenvalue weighted by molar-refractivity contribution is 5.82. The van der Waals surface area contributed by atoms with Gasteiger partial charge in [-0.1, -0.05) is 41.0 Å². The Morgan fingerprint density at radius 2 is 1.83 bits per heavy atom. The van der Waals surface area contributed by atoms with E-state index in [4.69, 9.17) is 10.8 Å². The van der Waals surface area contributed by atoms with Crippen LogP contribution in [-0.2, 0) is 9.59 Å². The summed E-state index contributed by atoms with van der Waals surface area (Å²) >= 11 is 0. The largest absolute Gasteiger partial charge is 0.481 e. The van der Waals surface area contributed by atoms with Crippen molar-refractivity contribution in [2.24, 2.45) is 17.1 Å². The van der Waals surface area contributed by atoms with Gasteiger partial charge in [0.05, 0.1) is 12.5 Å². The smallest absolute Gasteiger partial charge is 0.305 e. The molecular formula is C13H26N2O3. The van der Waals surface area contributed by atoms with Crippen LogP contribution in [0.4, 0.5) is 0 Å². The van der Waals surface area contributed by atoms with Gasteiger partial charge in [0.25, 0.3) is 0 Å². The lowest BCUT2D eigenvalue weighted by atomic mass is 9.84. The van der Waals surface area contributed by atoms with Crippen LogP contribution in [0, 0.1) is 11.3 Å². The Morgan fingerprint density at radius 3 is 2.17 bits per heavy atom. The predicted molar refractivity (Wildman–Crippen MR) is 71.1 cm³/mol. The van der Waals surface area contributed by atoms with Crippen molar-refractivity contribution in [1.29, 1.82) is 0 Å². The second-order valence-corrected chi connectivity index (χ2v) is 5.94. The molecule has 2 unspecified atom stereocenters. The zero-order valence-corrected chi connectivity index (χ0v) is 12.0. The Bertz CT molecular complexity index is 297. The summed E-state index contributed by atoms with van der Waals surface area (Å²) in [4.78, 5) is 22.8. The zero-order chi connectivity index (χ0) is 14.5. The molecule has 4 N–H and O–H groups in total. The summed E-state index contributed by atoms with van der Waals surface area (Å²) < 4.78 is 0. The number of nitrogens with two attached hydrogens (primary N) is 1. The molecule has 0 fully saturated rings. The van der Waals surface area contributed by atoms with Crippen LogP contribution in [0.25, 0.3) is 0 Å². The van der Waals surface area contributed by atoms with E-state index in [1.54, 1.807) is 0 Å². The number of hydrogen-bond acceptors (Lipinski definition) is 3. The molecule has 0 aliphatic rings. The van der Waals surface area contributed by atoms with E-state index in [9.17, 15) is 9.59 Å². The lowest BCUT2D eigenvalue weighted by Crippen LogP contribution is -2.52. The third-order valence-corrected chi connectivity index (χ3v) is 3.30. The fraction of sp³-hybridized carbons (Fsp3) is 0.846. The summed E-state index contributed by atoms with van der Waals surface area (Å²) in [5.74, 6) is -1.12. The minimum atomic E-state index is -0.924. The maximum absolute atomic E-state index is 12.0. The topological polar surface area (TPSA) is 92.4 Å². The van der Waals surface area contributed by atoms with E-state index in [0.29, 0.717) is 0 Å². The molecule has 0 heterocycles. The van der Waals surface area contributed by atoms with E-state index < -0.39 is 18.1 Å². The van der Waals surface area contributed by atoms with E-state index in [1.807, 2.05) is 34.6 Å². The van der Waals surface area contributed by atoms with Crippen molar-refractivity contribution in [1.82, 2.24) is 5.32 Å². The lowest BCUT2D eigenvalue weighted by Gasteiger charge is -2.32. The number of rotatable bonds is 6. The molecular weight excluding hydrogens is 232 g/mol. The number of amides is 1. The van der Waals surface area contributed by atoms with Gasteiger partial charge in [0.2, 0.25) is 5.91 Å². The highest BCUT2D eigenvalue weighted by Gasteiger charge is 2.30. The first-order valence-corrected chi connectivity index (χ1v) is 6.37. The quantitative estimate of drug-likeness (QED) is 0.671.